The Bertz CT molecular complexity index is 523. The number of anilines is 2. The Balaban J connectivity index is 1.84. The van der Waals surface area contributed by atoms with Gasteiger partial charge in [0.15, 0.2) is 0 Å². The van der Waals surface area contributed by atoms with Crippen LogP contribution in [0.2, 0.25) is 0 Å². The van der Waals surface area contributed by atoms with Gasteiger partial charge in [-0.1, -0.05) is 0 Å². The predicted octanol–water partition coefficient (Wildman–Crippen LogP) is 2.61. The van der Waals surface area contributed by atoms with Crippen LogP contribution in [0.4, 0.5) is 11.6 Å². The van der Waals surface area contributed by atoms with E-state index in [-0.39, 0.29) is 0 Å². The zero-order valence-electron chi connectivity index (χ0n) is 9.39. The number of hydrogen-bond acceptors (Lipinski definition) is 5. The number of nitrogens with zero attached hydrogens (tertiary/aromatic N) is 2. The standard InChI is InChI=1S/C12H14N4S/c13-11-6-12(15-7-14-11)16-9-2-1-3-10-8(9)4-5-17-10/h4-7,9H,1-3H2,(H3,13,14,15,16). The Morgan fingerprint density at radius 2 is 2.35 bits per heavy atom. The lowest BCUT2D eigenvalue weighted by atomic mass is 9.94. The Morgan fingerprint density at radius 3 is 3.24 bits per heavy atom. The molecule has 2 aromatic heterocycles. The zero-order valence-corrected chi connectivity index (χ0v) is 10.2. The summed E-state index contributed by atoms with van der Waals surface area (Å²) >= 11 is 1.85. The van der Waals surface area contributed by atoms with Gasteiger partial charge in [0, 0.05) is 10.9 Å². The Hall–Kier alpha value is -1.62. The predicted molar refractivity (Wildman–Crippen MR) is 70.1 cm³/mol. The molecule has 3 N–H and O–H groups in total. The lowest BCUT2D eigenvalue weighted by Crippen LogP contribution is -2.16. The second kappa shape index (κ2) is 4.33. The molecule has 1 unspecified atom stereocenters. The van der Waals surface area contributed by atoms with E-state index in [1.54, 1.807) is 6.07 Å². The van der Waals surface area contributed by atoms with E-state index in [4.69, 9.17) is 5.73 Å². The zero-order chi connectivity index (χ0) is 11.7. The van der Waals surface area contributed by atoms with Crippen LogP contribution in [0.1, 0.15) is 29.3 Å². The van der Waals surface area contributed by atoms with Crippen LogP contribution < -0.4 is 11.1 Å². The summed E-state index contributed by atoms with van der Waals surface area (Å²) < 4.78 is 0. The minimum atomic E-state index is 0.360. The fourth-order valence-electron chi connectivity index (χ4n) is 2.27. The number of nitrogens with two attached hydrogens (primary N) is 1. The molecule has 2 aromatic rings. The molecule has 0 fully saturated rings. The Labute approximate surface area is 104 Å². The molecular weight excluding hydrogens is 232 g/mol. The summed E-state index contributed by atoms with van der Waals surface area (Å²) in [4.78, 5) is 9.58. The summed E-state index contributed by atoms with van der Waals surface area (Å²) in [6.45, 7) is 0. The SMILES string of the molecule is Nc1cc(NC2CCCc3sccc32)ncn1. The summed E-state index contributed by atoms with van der Waals surface area (Å²) in [5.74, 6) is 1.31. The van der Waals surface area contributed by atoms with Crippen molar-refractivity contribution in [3.8, 4) is 0 Å². The van der Waals surface area contributed by atoms with Crippen LogP contribution in [0.15, 0.2) is 23.8 Å². The molecule has 0 radical (unpaired) electrons. The summed E-state index contributed by atoms with van der Waals surface area (Å²) in [6.07, 6.45) is 5.07. The highest BCUT2D eigenvalue weighted by molar-refractivity contribution is 7.10. The molecule has 5 heteroatoms. The smallest absolute Gasteiger partial charge is 0.131 e. The van der Waals surface area contributed by atoms with Gasteiger partial charge in [0.1, 0.15) is 18.0 Å². The van der Waals surface area contributed by atoms with Crippen LogP contribution in [0.25, 0.3) is 0 Å². The summed E-state index contributed by atoms with van der Waals surface area (Å²) in [6, 6.07) is 4.35. The molecule has 4 nitrogen and oxygen atoms in total. The third-order valence-electron chi connectivity index (χ3n) is 3.06. The molecule has 0 saturated carbocycles. The molecule has 88 valence electrons. The number of aryl methyl sites for hydroxylation is 1. The van der Waals surface area contributed by atoms with Gasteiger partial charge in [-0.05, 0) is 36.3 Å². The number of fused-ring (bicyclic) bond motifs is 1. The number of rotatable bonds is 2. The van der Waals surface area contributed by atoms with E-state index >= 15 is 0 Å². The molecule has 0 aromatic carbocycles. The molecule has 2 heterocycles. The van der Waals surface area contributed by atoms with E-state index < -0.39 is 0 Å². The van der Waals surface area contributed by atoms with Gasteiger partial charge in [-0.15, -0.1) is 11.3 Å². The molecule has 0 spiro atoms. The lowest BCUT2D eigenvalue weighted by Gasteiger charge is -2.24. The average molecular weight is 246 g/mol. The molecule has 0 amide bonds. The van der Waals surface area contributed by atoms with E-state index in [0.29, 0.717) is 11.9 Å². The second-order valence-electron chi connectivity index (χ2n) is 4.22. The highest BCUT2D eigenvalue weighted by atomic mass is 32.1. The summed E-state index contributed by atoms with van der Waals surface area (Å²) in [7, 11) is 0. The topological polar surface area (TPSA) is 63.8 Å². The average Bonchev–Trinajstić information content (AvgIpc) is 2.78. The molecule has 1 aliphatic carbocycles. The van der Waals surface area contributed by atoms with Gasteiger partial charge in [-0.3, -0.25) is 0 Å². The first-order chi connectivity index (χ1) is 8.33. The summed E-state index contributed by atoms with van der Waals surface area (Å²) in [5.41, 5.74) is 7.06. The molecule has 1 atom stereocenters. The maximum atomic E-state index is 5.65. The van der Waals surface area contributed by atoms with E-state index in [9.17, 15) is 0 Å². The van der Waals surface area contributed by atoms with Crippen molar-refractivity contribution in [3.05, 3.63) is 34.3 Å². The van der Waals surface area contributed by atoms with Gasteiger partial charge in [0.05, 0.1) is 6.04 Å². The maximum absolute atomic E-state index is 5.65. The van der Waals surface area contributed by atoms with Gasteiger partial charge in [0.25, 0.3) is 0 Å². The highest BCUT2D eigenvalue weighted by Crippen LogP contribution is 2.35. The first-order valence-corrected chi connectivity index (χ1v) is 6.61. The van der Waals surface area contributed by atoms with Crippen molar-refractivity contribution < 1.29 is 0 Å². The van der Waals surface area contributed by atoms with E-state index in [0.717, 1.165) is 12.2 Å². The minimum absolute atomic E-state index is 0.360. The Morgan fingerprint density at radius 1 is 1.41 bits per heavy atom. The van der Waals surface area contributed by atoms with E-state index in [1.165, 1.54) is 29.6 Å². The first-order valence-electron chi connectivity index (χ1n) is 5.73. The number of hydrogen-bond donors (Lipinski definition) is 2. The normalized spacial score (nSPS) is 18.7. The van der Waals surface area contributed by atoms with Crippen LogP contribution in [0, 0.1) is 0 Å². The number of nitrogens with one attached hydrogen (secondary N) is 1. The van der Waals surface area contributed by atoms with Gasteiger partial charge in [-0.25, -0.2) is 9.97 Å². The van der Waals surface area contributed by atoms with Crippen LogP contribution in [-0.4, -0.2) is 9.97 Å². The van der Waals surface area contributed by atoms with Crippen molar-refractivity contribution in [2.75, 3.05) is 11.1 Å². The summed E-state index contributed by atoms with van der Waals surface area (Å²) in [5, 5.41) is 5.61. The van der Waals surface area contributed by atoms with Gasteiger partial charge in [-0.2, -0.15) is 0 Å². The largest absolute Gasteiger partial charge is 0.384 e. The monoisotopic (exact) mass is 246 g/mol. The number of aromatic nitrogens is 2. The fourth-order valence-corrected chi connectivity index (χ4v) is 3.25. The van der Waals surface area contributed by atoms with Gasteiger partial charge in [0.2, 0.25) is 0 Å². The minimum Gasteiger partial charge on any atom is -0.384 e. The van der Waals surface area contributed by atoms with Crippen LogP contribution in [-0.2, 0) is 6.42 Å². The lowest BCUT2D eigenvalue weighted by molar-refractivity contribution is 0.607. The van der Waals surface area contributed by atoms with Crippen molar-refractivity contribution in [1.82, 2.24) is 9.97 Å². The molecule has 3 rings (SSSR count). The van der Waals surface area contributed by atoms with Crippen molar-refractivity contribution in [2.24, 2.45) is 0 Å². The number of nitrogen functional groups attached to an aromatic ring is 1. The number of thiophene rings is 1. The third kappa shape index (κ3) is 2.10. The maximum Gasteiger partial charge on any atom is 0.131 e. The first kappa shape index (κ1) is 10.5. The van der Waals surface area contributed by atoms with Crippen molar-refractivity contribution >= 4 is 23.0 Å². The molecule has 0 bridgehead atoms. The molecule has 17 heavy (non-hydrogen) atoms. The van der Waals surface area contributed by atoms with E-state index in [2.05, 4.69) is 26.7 Å². The van der Waals surface area contributed by atoms with Crippen LogP contribution >= 0.6 is 11.3 Å². The second-order valence-corrected chi connectivity index (χ2v) is 5.22. The van der Waals surface area contributed by atoms with Crippen molar-refractivity contribution in [3.63, 3.8) is 0 Å². The van der Waals surface area contributed by atoms with Crippen molar-refractivity contribution in [1.29, 1.82) is 0 Å². The van der Waals surface area contributed by atoms with Crippen LogP contribution in [0.3, 0.4) is 0 Å². The molecule has 0 saturated heterocycles. The quantitative estimate of drug-likeness (QED) is 0.855. The molecule has 0 aliphatic heterocycles. The molecular formula is C12H14N4S. The third-order valence-corrected chi connectivity index (χ3v) is 4.06. The van der Waals surface area contributed by atoms with E-state index in [1.807, 2.05) is 11.3 Å². The van der Waals surface area contributed by atoms with Crippen molar-refractivity contribution in [2.45, 2.75) is 25.3 Å². The van der Waals surface area contributed by atoms with Gasteiger partial charge < -0.3 is 11.1 Å². The van der Waals surface area contributed by atoms with Crippen LogP contribution in [0.5, 0.6) is 0 Å². The van der Waals surface area contributed by atoms with Gasteiger partial charge >= 0.3 is 0 Å². The highest BCUT2D eigenvalue weighted by Gasteiger charge is 2.21. The fraction of sp³-hybridized carbons (Fsp3) is 0.333. The Kier molecular flexibility index (Phi) is 2.68. The molecule has 1 aliphatic rings.